The van der Waals surface area contributed by atoms with Gasteiger partial charge < -0.3 is 5.11 Å². The second kappa shape index (κ2) is 4.03. The first-order chi connectivity index (χ1) is 7.61. The number of fused-ring (bicyclic) bond motifs is 1. The number of amides is 2. The Hall–Kier alpha value is -1.72. The van der Waals surface area contributed by atoms with Crippen molar-refractivity contribution in [3.05, 3.63) is 35.4 Å². The summed E-state index contributed by atoms with van der Waals surface area (Å²) in [5, 5.41) is 10.0. The van der Waals surface area contributed by atoms with E-state index >= 15 is 0 Å². The molecule has 1 atom stereocenters. The molecule has 2 rings (SSSR count). The Balaban J connectivity index is 2.22. The maximum Gasteiger partial charge on any atom is 0.276 e. The van der Waals surface area contributed by atoms with Crippen LogP contribution >= 0.6 is 0 Å². The summed E-state index contributed by atoms with van der Waals surface area (Å²) in [7, 11) is 0. The molecular weight excluding hydrogens is 208 g/mol. The van der Waals surface area contributed by atoms with Crippen LogP contribution in [0.1, 0.15) is 27.6 Å². The van der Waals surface area contributed by atoms with Gasteiger partial charge in [-0.3, -0.25) is 9.59 Å². The number of hydrogen-bond donors (Lipinski definition) is 2. The number of carbonyl (C=O) groups excluding carboxylic acids is 2. The summed E-state index contributed by atoms with van der Waals surface area (Å²) >= 11 is 0. The van der Waals surface area contributed by atoms with Crippen molar-refractivity contribution in [2.75, 3.05) is 6.54 Å². The van der Waals surface area contributed by atoms with Crippen LogP contribution in [-0.2, 0) is 0 Å². The van der Waals surface area contributed by atoms with E-state index in [9.17, 15) is 9.59 Å². The van der Waals surface area contributed by atoms with Crippen LogP contribution in [0.5, 0.6) is 0 Å². The number of aliphatic hydroxyl groups excluding tert-OH is 1. The quantitative estimate of drug-likeness (QED) is 0.712. The first kappa shape index (κ1) is 10.8. The van der Waals surface area contributed by atoms with E-state index in [2.05, 4.69) is 5.43 Å². The number of hydrazine groups is 1. The van der Waals surface area contributed by atoms with E-state index in [-0.39, 0.29) is 18.4 Å². The van der Waals surface area contributed by atoms with Crippen molar-refractivity contribution < 1.29 is 14.7 Å². The molecular formula is C11H12N2O3. The maximum absolute atomic E-state index is 11.8. The van der Waals surface area contributed by atoms with Gasteiger partial charge >= 0.3 is 0 Å². The van der Waals surface area contributed by atoms with E-state index in [1.54, 1.807) is 31.2 Å². The lowest BCUT2D eigenvalue weighted by Gasteiger charge is -2.16. The van der Waals surface area contributed by atoms with Gasteiger partial charge in [0.15, 0.2) is 0 Å². The van der Waals surface area contributed by atoms with Gasteiger partial charge in [-0.25, -0.2) is 10.4 Å². The highest BCUT2D eigenvalue weighted by Crippen LogP contribution is 2.20. The maximum atomic E-state index is 11.8. The van der Waals surface area contributed by atoms with Crippen molar-refractivity contribution in [2.45, 2.75) is 13.0 Å². The van der Waals surface area contributed by atoms with E-state index in [0.29, 0.717) is 11.1 Å². The summed E-state index contributed by atoms with van der Waals surface area (Å²) in [6.45, 7) is 1.73. The zero-order valence-corrected chi connectivity index (χ0v) is 8.80. The SMILES string of the molecule is CC(O)CNN1C(=O)c2ccccc2C1=O. The molecule has 1 heterocycles. The highest BCUT2D eigenvalue weighted by Gasteiger charge is 2.35. The minimum absolute atomic E-state index is 0.158. The molecule has 0 saturated carbocycles. The summed E-state index contributed by atoms with van der Waals surface area (Å²) in [4.78, 5) is 23.6. The van der Waals surface area contributed by atoms with Gasteiger partial charge in [-0.05, 0) is 19.1 Å². The molecule has 1 aromatic rings. The average molecular weight is 220 g/mol. The van der Waals surface area contributed by atoms with E-state index < -0.39 is 6.10 Å². The first-order valence-corrected chi connectivity index (χ1v) is 5.00. The largest absolute Gasteiger partial charge is 0.392 e. The molecule has 0 fully saturated rings. The van der Waals surface area contributed by atoms with Crippen LogP contribution in [0.2, 0.25) is 0 Å². The third-order valence-corrected chi connectivity index (χ3v) is 2.34. The minimum Gasteiger partial charge on any atom is -0.392 e. The van der Waals surface area contributed by atoms with E-state index in [4.69, 9.17) is 5.11 Å². The van der Waals surface area contributed by atoms with Gasteiger partial charge in [-0.1, -0.05) is 12.1 Å². The third-order valence-electron chi connectivity index (χ3n) is 2.34. The number of nitrogens with one attached hydrogen (secondary N) is 1. The predicted octanol–water partition coefficient (Wildman–Crippen LogP) is 0.168. The van der Waals surface area contributed by atoms with E-state index in [0.717, 1.165) is 5.01 Å². The highest BCUT2D eigenvalue weighted by atomic mass is 16.3. The lowest BCUT2D eigenvalue weighted by molar-refractivity contribution is 0.0530. The fraction of sp³-hybridized carbons (Fsp3) is 0.273. The van der Waals surface area contributed by atoms with Crippen LogP contribution in [0.4, 0.5) is 0 Å². The molecule has 1 aliphatic heterocycles. The van der Waals surface area contributed by atoms with Gasteiger partial charge in [0.1, 0.15) is 0 Å². The Kier molecular flexibility index (Phi) is 2.72. The Labute approximate surface area is 92.6 Å². The van der Waals surface area contributed by atoms with Crippen LogP contribution in [0.15, 0.2) is 24.3 Å². The second-order valence-corrected chi connectivity index (χ2v) is 3.70. The number of hydrogen-bond acceptors (Lipinski definition) is 4. The lowest BCUT2D eigenvalue weighted by atomic mass is 10.1. The fourth-order valence-electron chi connectivity index (χ4n) is 1.56. The molecule has 1 aromatic carbocycles. The van der Waals surface area contributed by atoms with Gasteiger partial charge in [0.2, 0.25) is 0 Å². The van der Waals surface area contributed by atoms with Crippen LogP contribution in [0, 0.1) is 0 Å². The summed E-state index contributed by atoms with van der Waals surface area (Å²) in [6.07, 6.45) is -0.621. The molecule has 2 amide bonds. The monoisotopic (exact) mass is 220 g/mol. The third kappa shape index (κ3) is 1.70. The summed E-state index contributed by atoms with van der Waals surface area (Å²) < 4.78 is 0. The van der Waals surface area contributed by atoms with Crippen molar-refractivity contribution >= 4 is 11.8 Å². The molecule has 0 saturated heterocycles. The molecule has 84 valence electrons. The van der Waals surface area contributed by atoms with E-state index in [1.807, 2.05) is 0 Å². The predicted molar refractivity (Wildman–Crippen MR) is 56.6 cm³/mol. The highest BCUT2D eigenvalue weighted by molar-refractivity contribution is 6.20. The average Bonchev–Trinajstić information content (AvgIpc) is 2.50. The zero-order valence-electron chi connectivity index (χ0n) is 8.80. The normalized spacial score (nSPS) is 16.5. The first-order valence-electron chi connectivity index (χ1n) is 5.00. The Morgan fingerprint density at radius 1 is 1.25 bits per heavy atom. The molecule has 2 N–H and O–H groups in total. The number of aliphatic hydroxyl groups is 1. The Morgan fingerprint density at radius 2 is 1.75 bits per heavy atom. The molecule has 16 heavy (non-hydrogen) atoms. The molecule has 0 radical (unpaired) electrons. The van der Waals surface area contributed by atoms with Crippen molar-refractivity contribution in [1.29, 1.82) is 0 Å². The van der Waals surface area contributed by atoms with Gasteiger partial charge in [-0.15, -0.1) is 0 Å². The molecule has 0 aromatic heterocycles. The van der Waals surface area contributed by atoms with Crippen molar-refractivity contribution in [1.82, 2.24) is 10.4 Å². The Morgan fingerprint density at radius 3 is 2.19 bits per heavy atom. The number of carbonyl (C=O) groups is 2. The summed E-state index contributed by atoms with van der Waals surface area (Å²) in [5.41, 5.74) is 3.40. The topological polar surface area (TPSA) is 69.6 Å². The molecule has 5 nitrogen and oxygen atoms in total. The van der Waals surface area contributed by atoms with E-state index in [1.165, 1.54) is 0 Å². The second-order valence-electron chi connectivity index (χ2n) is 3.70. The molecule has 0 spiro atoms. The minimum atomic E-state index is -0.621. The van der Waals surface area contributed by atoms with Crippen molar-refractivity contribution in [3.63, 3.8) is 0 Å². The number of rotatable bonds is 3. The van der Waals surface area contributed by atoms with Crippen LogP contribution in [0.25, 0.3) is 0 Å². The fourth-order valence-corrected chi connectivity index (χ4v) is 1.56. The smallest absolute Gasteiger partial charge is 0.276 e. The molecule has 0 bridgehead atoms. The van der Waals surface area contributed by atoms with Crippen LogP contribution in [0.3, 0.4) is 0 Å². The molecule has 5 heteroatoms. The van der Waals surface area contributed by atoms with Gasteiger partial charge in [0.05, 0.1) is 17.2 Å². The zero-order chi connectivity index (χ0) is 11.7. The molecule has 1 aliphatic rings. The number of benzene rings is 1. The van der Waals surface area contributed by atoms with Crippen LogP contribution < -0.4 is 5.43 Å². The van der Waals surface area contributed by atoms with Gasteiger partial charge in [0.25, 0.3) is 11.8 Å². The Bertz CT molecular complexity index is 408. The summed E-state index contributed by atoms with van der Waals surface area (Å²) in [5.74, 6) is -0.748. The van der Waals surface area contributed by atoms with Crippen molar-refractivity contribution in [3.8, 4) is 0 Å². The molecule has 1 unspecified atom stereocenters. The molecule has 0 aliphatic carbocycles. The lowest BCUT2D eigenvalue weighted by Crippen LogP contribution is -2.45. The van der Waals surface area contributed by atoms with Crippen molar-refractivity contribution in [2.24, 2.45) is 0 Å². The van der Waals surface area contributed by atoms with Gasteiger partial charge in [-0.2, -0.15) is 0 Å². The van der Waals surface area contributed by atoms with Gasteiger partial charge in [0, 0.05) is 6.54 Å². The van der Waals surface area contributed by atoms with Crippen LogP contribution in [-0.4, -0.2) is 34.6 Å². The summed E-state index contributed by atoms with van der Waals surface area (Å²) in [6, 6.07) is 6.64. The standard InChI is InChI=1S/C11H12N2O3/c1-7(14)6-12-13-10(15)8-4-2-3-5-9(8)11(13)16/h2-5,7,12,14H,6H2,1H3. The number of nitrogens with zero attached hydrogens (tertiary/aromatic N) is 1. The number of imide groups is 1.